The van der Waals surface area contributed by atoms with Crippen molar-refractivity contribution >= 4 is 17.2 Å². The maximum absolute atomic E-state index is 11.7. The molecular formula is C12H13N3OS. The molecule has 0 saturated heterocycles. The van der Waals surface area contributed by atoms with Crippen LogP contribution < -0.4 is 5.32 Å². The second kappa shape index (κ2) is 3.70. The Morgan fingerprint density at radius 2 is 2.35 bits per heavy atom. The van der Waals surface area contributed by atoms with E-state index in [2.05, 4.69) is 28.5 Å². The van der Waals surface area contributed by atoms with Crippen LogP contribution >= 0.6 is 11.3 Å². The van der Waals surface area contributed by atoms with Crippen LogP contribution in [-0.4, -0.2) is 23.2 Å². The van der Waals surface area contributed by atoms with E-state index in [9.17, 15) is 4.79 Å². The van der Waals surface area contributed by atoms with E-state index >= 15 is 0 Å². The van der Waals surface area contributed by atoms with E-state index in [1.165, 1.54) is 15.3 Å². The molecule has 2 N–H and O–H groups in total. The summed E-state index contributed by atoms with van der Waals surface area (Å²) in [6.07, 6.45) is 1.89. The molecule has 2 aromatic rings. The summed E-state index contributed by atoms with van der Waals surface area (Å²) in [4.78, 5) is 14.4. The number of carbonyl (C=O) groups excluding carboxylic acids is 1. The molecule has 3 rings (SSSR count). The highest BCUT2D eigenvalue weighted by Gasteiger charge is 2.25. The Bertz CT molecular complexity index is 597. The average Bonchev–Trinajstić information content (AvgIpc) is 2.89. The second-order valence-electron chi connectivity index (χ2n) is 4.20. The number of aryl methyl sites for hydroxylation is 2. The molecule has 1 aliphatic carbocycles. The van der Waals surface area contributed by atoms with Crippen LogP contribution in [0.4, 0.5) is 0 Å². The highest BCUT2D eigenvalue weighted by atomic mass is 32.1. The maximum atomic E-state index is 11.7. The number of nitrogens with zero attached hydrogens (tertiary/aromatic N) is 1. The minimum atomic E-state index is -0.0887. The van der Waals surface area contributed by atoms with Gasteiger partial charge in [0.15, 0.2) is 0 Å². The van der Waals surface area contributed by atoms with Crippen molar-refractivity contribution in [1.82, 2.24) is 15.5 Å². The van der Waals surface area contributed by atoms with E-state index in [0.29, 0.717) is 5.69 Å². The number of rotatable bonds is 1. The monoisotopic (exact) mass is 247 g/mol. The van der Waals surface area contributed by atoms with Crippen LogP contribution in [0.15, 0.2) is 6.07 Å². The Hall–Kier alpha value is -1.62. The summed E-state index contributed by atoms with van der Waals surface area (Å²) in [6.45, 7) is 2.11. The lowest BCUT2D eigenvalue weighted by Gasteiger charge is -2.11. The summed E-state index contributed by atoms with van der Waals surface area (Å²) >= 11 is 1.82. The molecule has 0 fully saturated rings. The van der Waals surface area contributed by atoms with E-state index in [1.54, 1.807) is 7.05 Å². The Morgan fingerprint density at radius 3 is 3.12 bits per heavy atom. The molecular weight excluding hydrogens is 234 g/mol. The van der Waals surface area contributed by atoms with Gasteiger partial charge in [-0.05, 0) is 25.8 Å². The lowest BCUT2D eigenvalue weighted by molar-refractivity contribution is 0.0957. The summed E-state index contributed by atoms with van der Waals surface area (Å²) in [5.41, 5.74) is 3.81. The number of nitrogens with one attached hydrogen (secondary N) is 2. The average molecular weight is 247 g/mol. The predicted octanol–water partition coefficient (Wildman–Crippen LogP) is 1.90. The van der Waals surface area contributed by atoms with Crippen LogP contribution in [-0.2, 0) is 12.8 Å². The van der Waals surface area contributed by atoms with Crippen LogP contribution in [0.1, 0.15) is 25.8 Å². The zero-order chi connectivity index (χ0) is 12.0. The van der Waals surface area contributed by atoms with E-state index < -0.39 is 0 Å². The van der Waals surface area contributed by atoms with Crippen molar-refractivity contribution in [3.05, 3.63) is 27.1 Å². The molecule has 2 aromatic heterocycles. The molecule has 0 aliphatic heterocycles. The van der Waals surface area contributed by atoms with E-state index in [-0.39, 0.29) is 5.91 Å². The fourth-order valence-corrected chi connectivity index (χ4v) is 3.37. The maximum Gasteiger partial charge on any atom is 0.269 e. The largest absolute Gasteiger partial charge is 0.354 e. The van der Waals surface area contributed by atoms with E-state index in [0.717, 1.165) is 24.1 Å². The van der Waals surface area contributed by atoms with Crippen LogP contribution in [0.2, 0.25) is 0 Å². The molecule has 0 radical (unpaired) electrons. The van der Waals surface area contributed by atoms with Crippen LogP contribution in [0.5, 0.6) is 0 Å². The van der Waals surface area contributed by atoms with Crippen LogP contribution in [0.25, 0.3) is 11.3 Å². The van der Waals surface area contributed by atoms with E-state index in [4.69, 9.17) is 0 Å². The number of carbonyl (C=O) groups is 1. The highest BCUT2D eigenvalue weighted by molar-refractivity contribution is 7.12. The van der Waals surface area contributed by atoms with Gasteiger partial charge in [-0.3, -0.25) is 9.89 Å². The highest BCUT2D eigenvalue weighted by Crippen LogP contribution is 2.38. The SMILES string of the molecule is CNC(=O)c1[nH]nc2c1CCc1sc(C)cc1-2. The summed E-state index contributed by atoms with van der Waals surface area (Å²) in [7, 11) is 1.64. The minimum Gasteiger partial charge on any atom is -0.354 e. The van der Waals surface area contributed by atoms with Crippen molar-refractivity contribution in [1.29, 1.82) is 0 Å². The molecule has 0 saturated carbocycles. The molecule has 2 heterocycles. The Morgan fingerprint density at radius 1 is 1.53 bits per heavy atom. The molecule has 0 atom stereocenters. The fourth-order valence-electron chi connectivity index (χ4n) is 2.33. The molecule has 0 aromatic carbocycles. The van der Waals surface area contributed by atoms with Gasteiger partial charge in [-0.25, -0.2) is 0 Å². The summed E-state index contributed by atoms with van der Waals surface area (Å²) in [5.74, 6) is -0.0887. The number of H-pyrrole nitrogens is 1. The van der Waals surface area contributed by atoms with Crippen molar-refractivity contribution in [2.24, 2.45) is 0 Å². The number of aromatic amines is 1. The smallest absolute Gasteiger partial charge is 0.269 e. The molecule has 88 valence electrons. The van der Waals surface area contributed by atoms with Crippen LogP contribution in [0, 0.1) is 6.92 Å². The van der Waals surface area contributed by atoms with Crippen molar-refractivity contribution in [2.45, 2.75) is 19.8 Å². The van der Waals surface area contributed by atoms with Crippen molar-refractivity contribution in [3.8, 4) is 11.3 Å². The molecule has 0 unspecified atom stereocenters. The number of thiophene rings is 1. The Kier molecular flexibility index (Phi) is 2.29. The Balaban J connectivity index is 2.15. The van der Waals surface area contributed by atoms with Crippen molar-refractivity contribution < 1.29 is 4.79 Å². The number of hydrogen-bond donors (Lipinski definition) is 2. The zero-order valence-corrected chi connectivity index (χ0v) is 10.6. The second-order valence-corrected chi connectivity index (χ2v) is 5.54. The first-order valence-corrected chi connectivity index (χ1v) is 6.41. The van der Waals surface area contributed by atoms with Gasteiger partial charge < -0.3 is 5.32 Å². The van der Waals surface area contributed by atoms with Gasteiger partial charge in [0.2, 0.25) is 0 Å². The first-order chi connectivity index (χ1) is 8.20. The summed E-state index contributed by atoms with van der Waals surface area (Å²) in [6, 6.07) is 2.16. The van der Waals surface area contributed by atoms with Gasteiger partial charge >= 0.3 is 0 Å². The van der Waals surface area contributed by atoms with Gasteiger partial charge in [0.25, 0.3) is 5.91 Å². The first-order valence-electron chi connectivity index (χ1n) is 5.59. The summed E-state index contributed by atoms with van der Waals surface area (Å²) < 4.78 is 0. The molecule has 0 spiro atoms. The van der Waals surface area contributed by atoms with Crippen LogP contribution in [0.3, 0.4) is 0 Å². The number of amides is 1. The molecule has 5 heteroatoms. The van der Waals surface area contributed by atoms with Gasteiger partial charge in [0.05, 0.1) is 5.69 Å². The number of aromatic nitrogens is 2. The topological polar surface area (TPSA) is 57.8 Å². The molecule has 1 amide bonds. The normalized spacial score (nSPS) is 13.1. The standard InChI is InChI=1S/C12H13N3OS/c1-6-5-8-9(17-6)4-3-7-10(8)14-15-11(7)12(16)13-2/h5H,3-4H2,1-2H3,(H,13,16)(H,14,15). The quantitative estimate of drug-likeness (QED) is 0.808. The van der Waals surface area contributed by atoms with Gasteiger partial charge in [0.1, 0.15) is 5.69 Å². The van der Waals surface area contributed by atoms with Gasteiger partial charge in [0, 0.05) is 27.9 Å². The van der Waals surface area contributed by atoms with Crippen molar-refractivity contribution in [3.63, 3.8) is 0 Å². The third-order valence-electron chi connectivity index (χ3n) is 3.11. The zero-order valence-electron chi connectivity index (χ0n) is 9.76. The predicted molar refractivity (Wildman–Crippen MR) is 67.4 cm³/mol. The molecule has 0 bridgehead atoms. The summed E-state index contributed by atoms with van der Waals surface area (Å²) in [5, 5.41) is 9.80. The molecule has 17 heavy (non-hydrogen) atoms. The van der Waals surface area contributed by atoms with E-state index in [1.807, 2.05) is 11.3 Å². The molecule has 4 nitrogen and oxygen atoms in total. The lowest BCUT2D eigenvalue weighted by atomic mass is 9.94. The third-order valence-corrected chi connectivity index (χ3v) is 4.22. The number of fused-ring (bicyclic) bond motifs is 3. The third kappa shape index (κ3) is 1.50. The first kappa shape index (κ1) is 10.5. The lowest BCUT2D eigenvalue weighted by Crippen LogP contribution is -2.20. The number of hydrogen-bond acceptors (Lipinski definition) is 3. The van der Waals surface area contributed by atoms with Gasteiger partial charge in [-0.2, -0.15) is 5.10 Å². The fraction of sp³-hybridized carbons (Fsp3) is 0.333. The van der Waals surface area contributed by atoms with Gasteiger partial charge in [-0.1, -0.05) is 0 Å². The Labute approximate surface area is 103 Å². The van der Waals surface area contributed by atoms with Gasteiger partial charge in [-0.15, -0.1) is 11.3 Å². The minimum absolute atomic E-state index is 0.0887. The van der Waals surface area contributed by atoms with Crippen molar-refractivity contribution in [2.75, 3.05) is 7.05 Å². The molecule has 1 aliphatic rings.